The molecule has 0 radical (unpaired) electrons. The summed E-state index contributed by atoms with van der Waals surface area (Å²) in [6, 6.07) is 2.48. The Labute approximate surface area is 193 Å². The summed E-state index contributed by atoms with van der Waals surface area (Å²) in [6.07, 6.45) is 10.3. The third-order valence-corrected chi connectivity index (χ3v) is 5.56. The van der Waals surface area contributed by atoms with Gasteiger partial charge in [-0.3, -0.25) is 10.1 Å². The molecule has 1 saturated heterocycles. The van der Waals surface area contributed by atoms with Gasteiger partial charge in [-0.25, -0.2) is 4.79 Å². The van der Waals surface area contributed by atoms with Gasteiger partial charge in [0.05, 0.1) is 24.5 Å². The number of anilines is 1. The smallest absolute Gasteiger partial charge is 0.322 e. The lowest BCUT2D eigenvalue weighted by atomic mass is 10.1. The minimum Gasteiger partial charge on any atom is -0.497 e. The molecule has 4 rings (SSSR count). The van der Waals surface area contributed by atoms with E-state index in [1.165, 1.54) is 0 Å². The Morgan fingerprint density at radius 3 is 2.82 bits per heavy atom. The number of hydrogen-bond donors (Lipinski definition) is 4. The first kappa shape index (κ1) is 22.5. The molecule has 1 fully saturated rings. The van der Waals surface area contributed by atoms with Crippen molar-refractivity contribution < 1.29 is 18.7 Å². The van der Waals surface area contributed by atoms with Crippen molar-refractivity contribution in [3.8, 4) is 0 Å². The molecule has 1 unspecified atom stereocenters. The van der Waals surface area contributed by atoms with E-state index in [-0.39, 0.29) is 23.6 Å². The van der Waals surface area contributed by atoms with Crippen LogP contribution >= 0.6 is 0 Å². The Morgan fingerprint density at radius 1 is 1.21 bits per heavy atom. The quantitative estimate of drug-likeness (QED) is 0.516. The highest BCUT2D eigenvalue weighted by Gasteiger charge is 2.23. The molecule has 0 saturated carbocycles. The highest BCUT2D eigenvalue weighted by molar-refractivity contribution is 5.94. The number of piperazine rings is 1. The molecule has 2 aliphatic heterocycles. The average molecular weight is 455 g/mol. The van der Waals surface area contributed by atoms with E-state index in [0.29, 0.717) is 12.2 Å². The van der Waals surface area contributed by atoms with E-state index in [4.69, 9.17) is 9.15 Å². The van der Waals surface area contributed by atoms with Gasteiger partial charge in [0.1, 0.15) is 5.76 Å². The van der Waals surface area contributed by atoms with Gasteiger partial charge in [-0.05, 0) is 30.7 Å². The van der Waals surface area contributed by atoms with Crippen molar-refractivity contribution >= 4 is 17.8 Å². The number of amides is 3. The maximum absolute atomic E-state index is 12.9. The number of carbonyl (C=O) groups is 2. The highest BCUT2D eigenvalue weighted by atomic mass is 16.5. The summed E-state index contributed by atoms with van der Waals surface area (Å²) >= 11 is 0. The number of ether oxygens (including phenoxy) is 1. The molecule has 176 valence electrons. The summed E-state index contributed by atoms with van der Waals surface area (Å²) in [5.41, 5.74) is 1.74. The van der Waals surface area contributed by atoms with Crippen LogP contribution < -0.4 is 21.3 Å². The standard InChI is InChI=1S/C23H30N6O4/c1-28-11-8-19(29-12-9-24-10-13-29)18(15-28)26-22(30)20-6-7-21(33-20)27-23(31)25-16-4-3-5-17(14-16)32-2/h3,5-8,14-16,24H,4,9-13H2,1-2H3,(H,26,30)(H2,25,27,31). The first-order valence-electron chi connectivity index (χ1n) is 11.0. The Bertz CT molecular complexity index is 1000. The number of rotatable bonds is 6. The van der Waals surface area contributed by atoms with Gasteiger partial charge in [0.2, 0.25) is 5.88 Å². The lowest BCUT2D eigenvalue weighted by molar-refractivity contribution is 0.0937. The van der Waals surface area contributed by atoms with Gasteiger partial charge in [-0.1, -0.05) is 6.08 Å². The first-order chi connectivity index (χ1) is 16.0. The molecule has 0 aromatic carbocycles. The summed E-state index contributed by atoms with van der Waals surface area (Å²) in [5, 5.41) is 11.8. The summed E-state index contributed by atoms with van der Waals surface area (Å²) in [4.78, 5) is 29.4. The van der Waals surface area contributed by atoms with Crippen LogP contribution in [0.3, 0.4) is 0 Å². The Kier molecular flexibility index (Phi) is 7.04. The van der Waals surface area contributed by atoms with E-state index < -0.39 is 6.03 Å². The second-order valence-electron chi connectivity index (χ2n) is 8.04. The molecule has 3 aliphatic rings. The number of methoxy groups -OCH3 is 1. The number of furan rings is 1. The minimum absolute atomic E-state index is 0.112. The fourth-order valence-corrected chi connectivity index (χ4v) is 3.90. The van der Waals surface area contributed by atoms with Crippen LogP contribution in [0, 0.1) is 0 Å². The van der Waals surface area contributed by atoms with Crippen molar-refractivity contribution in [1.82, 2.24) is 25.8 Å². The molecule has 3 heterocycles. The molecule has 33 heavy (non-hydrogen) atoms. The van der Waals surface area contributed by atoms with Crippen LogP contribution in [0.5, 0.6) is 0 Å². The fourth-order valence-electron chi connectivity index (χ4n) is 3.90. The van der Waals surface area contributed by atoms with Gasteiger partial charge in [-0.15, -0.1) is 0 Å². The Morgan fingerprint density at radius 2 is 2.03 bits per heavy atom. The number of urea groups is 1. The summed E-state index contributed by atoms with van der Waals surface area (Å²) in [6.45, 7) is 4.35. The predicted octanol–water partition coefficient (Wildman–Crippen LogP) is 1.57. The number of carbonyl (C=O) groups excluding carboxylic acids is 2. The lowest BCUT2D eigenvalue weighted by Gasteiger charge is -2.35. The first-order valence-corrected chi connectivity index (χ1v) is 11.0. The number of allylic oxidation sites excluding steroid dienone is 1. The van der Waals surface area contributed by atoms with E-state index in [2.05, 4.69) is 32.2 Å². The molecular formula is C23H30N6O4. The number of nitrogens with zero attached hydrogens (tertiary/aromatic N) is 2. The zero-order valence-electron chi connectivity index (χ0n) is 18.9. The molecule has 4 N–H and O–H groups in total. The molecule has 10 nitrogen and oxygen atoms in total. The lowest BCUT2D eigenvalue weighted by Crippen LogP contribution is -2.45. The molecular weight excluding hydrogens is 424 g/mol. The van der Waals surface area contributed by atoms with Gasteiger partial charge in [-0.2, -0.15) is 0 Å². The summed E-state index contributed by atoms with van der Waals surface area (Å²) < 4.78 is 10.8. The molecule has 1 atom stereocenters. The van der Waals surface area contributed by atoms with Crippen molar-refractivity contribution in [3.05, 3.63) is 65.6 Å². The normalized spacial score (nSPS) is 20.4. The van der Waals surface area contributed by atoms with Crippen LogP contribution in [0.15, 0.2) is 64.2 Å². The second kappa shape index (κ2) is 10.3. The minimum atomic E-state index is -0.427. The highest BCUT2D eigenvalue weighted by Crippen LogP contribution is 2.20. The number of hydrogen-bond acceptors (Lipinski definition) is 7. The van der Waals surface area contributed by atoms with E-state index in [9.17, 15) is 9.59 Å². The van der Waals surface area contributed by atoms with Crippen molar-refractivity contribution in [1.29, 1.82) is 0 Å². The zero-order valence-corrected chi connectivity index (χ0v) is 18.9. The van der Waals surface area contributed by atoms with Crippen molar-refractivity contribution in [2.24, 2.45) is 0 Å². The molecule has 1 aromatic heterocycles. The fraction of sp³-hybridized carbons (Fsp3) is 0.391. The Hall–Kier alpha value is -3.66. The Balaban J connectivity index is 1.35. The molecule has 0 bridgehead atoms. The van der Waals surface area contributed by atoms with Crippen molar-refractivity contribution in [2.45, 2.75) is 12.5 Å². The molecule has 0 spiro atoms. The number of likely N-dealkylation sites (N-methyl/N-ethyl adjacent to an activating group) is 1. The van der Waals surface area contributed by atoms with Crippen LogP contribution in [0.2, 0.25) is 0 Å². The van der Waals surface area contributed by atoms with Crippen molar-refractivity contribution in [3.63, 3.8) is 0 Å². The predicted molar refractivity (Wildman–Crippen MR) is 124 cm³/mol. The molecule has 1 aliphatic carbocycles. The summed E-state index contributed by atoms with van der Waals surface area (Å²) in [7, 11) is 3.54. The van der Waals surface area contributed by atoms with Crippen LogP contribution in [-0.4, -0.2) is 74.7 Å². The maximum atomic E-state index is 12.9. The number of nitrogens with one attached hydrogen (secondary N) is 4. The van der Waals surface area contributed by atoms with Crippen LogP contribution in [0.25, 0.3) is 0 Å². The van der Waals surface area contributed by atoms with Gasteiger partial charge in [0.25, 0.3) is 5.91 Å². The maximum Gasteiger partial charge on any atom is 0.322 e. The molecule has 1 aromatic rings. The third kappa shape index (κ3) is 5.78. The van der Waals surface area contributed by atoms with E-state index >= 15 is 0 Å². The van der Waals surface area contributed by atoms with Crippen LogP contribution in [-0.2, 0) is 4.74 Å². The van der Waals surface area contributed by atoms with E-state index in [1.807, 2.05) is 36.4 Å². The summed E-state index contributed by atoms with van der Waals surface area (Å²) in [5.74, 6) is 0.616. The van der Waals surface area contributed by atoms with Crippen LogP contribution in [0.1, 0.15) is 17.0 Å². The van der Waals surface area contributed by atoms with Gasteiger partial charge in [0.15, 0.2) is 5.76 Å². The monoisotopic (exact) mass is 454 g/mol. The topological polar surface area (TPSA) is 111 Å². The van der Waals surface area contributed by atoms with E-state index in [1.54, 1.807) is 19.2 Å². The van der Waals surface area contributed by atoms with E-state index in [0.717, 1.165) is 44.1 Å². The average Bonchev–Trinajstić information content (AvgIpc) is 3.28. The largest absolute Gasteiger partial charge is 0.497 e. The van der Waals surface area contributed by atoms with Crippen molar-refractivity contribution in [2.75, 3.05) is 52.2 Å². The van der Waals surface area contributed by atoms with Gasteiger partial charge < -0.3 is 34.9 Å². The van der Waals surface area contributed by atoms with Crippen LogP contribution in [0.4, 0.5) is 10.7 Å². The molecule has 3 amide bonds. The SMILES string of the molecule is COC1=CC(NC(=O)Nc2ccc(C(=O)NC3=CN(C)CC=C3N3CCNCC3)o2)CC=C1. The zero-order chi connectivity index (χ0) is 23.2. The van der Waals surface area contributed by atoms with Gasteiger partial charge in [0, 0.05) is 52.0 Å². The third-order valence-electron chi connectivity index (χ3n) is 5.56. The second-order valence-corrected chi connectivity index (χ2v) is 8.04. The van der Waals surface area contributed by atoms with Gasteiger partial charge >= 0.3 is 6.03 Å². The molecule has 10 heteroatoms.